The van der Waals surface area contributed by atoms with Gasteiger partial charge in [-0.2, -0.15) is 0 Å². The lowest BCUT2D eigenvalue weighted by atomic mass is 9.96. The molecule has 0 aromatic heterocycles. The van der Waals surface area contributed by atoms with Crippen LogP contribution in [0.2, 0.25) is 0 Å². The van der Waals surface area contributed by atoms with E-state index in [1.165, 1.54) is 19.3 Å². The van der Waals surface area contributed by atoms with E-state index in [4.69, 9.17) is 0 Å². The summed E-state index contributed by atoms with van der Waals surface area (Å²) in [4.78, 5) is 14.8. The predicted molar refractivity (Wildman–Crippen MR) is 74.8 cm³/mol. The maximum absolute atomic E-state index is 12.3. The van der Waals surface area contributed by atoms with E-state index in [9.17, 15) is 4.79 Å². The molecule has 2 heteroatoms. The van der Waals surface area contributed by atoms with Crippen molar-refractivity contribution in [2.45, 2.75) is 39.2 Å². The van der Waals surface area contributed by atoms with E-state index in [1.807, 2.05) is 30.3 Å². The zero-order valence-electron chi connectivity index (χ0n) is 11.4. The summed E-state index contributed by atoms with van der Waals surface area (Å²) >= 11 is 0. The van der Waals surface area contributed by atoms with Crippen molar-refractivity contribution < 1.29 is 4.79 Å². The first kappa shape index (κ1) is 13.3. The Labute approximate surface area is 110 Å². The molecule has 1 aliphatic rings. The number of hydrogen-bond donors (Lipinski definition) is 0. The van der Waals surface area contributed by atoms with Gasteiger partial charge in [-0.3, -0.25) is 9.69 Å². The minimum Gasteiger partial charge on any atom is -0.300 e. The third-order valence-corrected chi connectivity index (χ3v) is 3.95. The van der Waals surface area contributed by atoms with Crippen LogP contribution in [-0.2, 0) is 0 Å². The van der Waals surface area contributed by atoms with Crippen molar-refractivity contribution in [1.82, 2.24) is 4.90 Å². The Hall–Kier alpha value is -1.15. The van der Waals surface area contributed by atoms with Gasteiger partial charge < -0.3 is 0 Å². The number of benzene rings is 1. The molecule has 0 N–H and O–H groups in total. The number of rotatable bonds is 4. The molecule has 0 amide bonds. The van der Waals surface area contributed by atoms with Crippen LogP contribution in [-0.4, -0.2) is 29.8 Å². The summed E-state index contributed by atoms with van der Waals surface area (Å²) in [6.07, 6.45) is 3.88. The van der Waals surface area contributed by atoms with E-state index in [0.29, 0.717) is 6.04 Å². The molecule has 2 atom stereocenters. The Balaban J connectivity index is 1.95. The number of piperidine rings is 1. The van der Waals surface area contributed by atoms with Gasteiger partial charge in [0.05, 0.1) is 0 Å². The standard InChI is InChI=1S/C16H23NO/c1-13(12-17-11-7-6-8-14(17)2)16(18)15-9-4-3-5-10-15/h3-5,9-10,13-14H,6-8,11-12H2,1-2H3. The Morgan fingerprint density at radius 2 is 2.06 bits per heavy atom. The highest BCUT2D eigenvalue weighted by atomic mass is 16.1. The number of nitrogens with zero attached hydrogens (tertiary/aromatic N) is 1. The smallest absolute Gasteiger partial charge is 0.166 e. The fourth-order valence-corrected chi connectivity index (χ4v) is 2.75. The highest BCUT2D eigenvalue weighted by molar-refractivity contribution is 5.97. The van der Waals surface area contributed by atoms with Crippen molar-refractivity contribution in [3.63, 3.8) is 0 Å². The monoisotopic (exact) mass is 245 g/mol. The molecule has 1 saturated heterocycles. The predicted octanol–water partition coefficient (Wildman–Crippen LogP) is 3.38. The average Bonchev–Trinajstić information content (AvgIpc) is 2.41. The van der Waals surface area contributed by atoms with Crippen LogP contribution in [0.5, 0.6) is 0 Å². The van der Waals surface area contributed by atoms with E-state index in [0.717, 1.165) is 18.7 Å². The Morgan fingerprint density at radius 1 is 1.33 bits per heavy atom. The summed E-state index contributed by atoms with van der Waals surface area (Å²) in [6.45, 7) is 6.37. The van der Waals surface area contributed by atoms with Gasteiger partial charge in [-0.05, 0) is 26.3 Å². The van der Waals surface area contributed by atoms with Gasteiger partial charge >= 0.3 is 0 Å². The molecule has 18 heavy (non-hydrogen) atoms. The normalized spacial score (nSPS) is 22.7. The maximum Gasteiger partial charge on any atom is 0.166 e. The van der Waals surface area contributed by atoms with Crippen LogP contribution in [0.3, 0.4) is 0 Å². The van der Waals surface area contributed by atoms with Crippen molar-refractivity contribution in [3.8, 4) is 0 Å². The topological polar surface area (TPSA) is 20.3 Å². The van der Waals surface area contributed by atoms with Gasteiger partial charge in [-0.25, -0.2) is 0 Å². The van der Waals surface area contributed by atoms with Crippen molar-refractivity contribution in [2.75, 3.05) is 13.1 Å². The van der Waals surface area contributed by atoms with E-state index < -0.39 is 0 Å². The minimum atomic E-state index is 0.0907. The summed E-state index contributed by atoms with van der Waals surface area (Å²) in [5, 5.41) is 0. The summed E-state index contributed by atoms with van der Waals surface area (Å²) < 4.78 is 0. The number of Topliss-reactive ketones (excluding diaryl/α,β-unsaturated/α-hetero) is 1. The van der Waals surface area contributed by atoms with Crippen LogP contribution < -0.4 is 0 Å². The van der Waals surface area contributed by atoms with E-state index in [-0.39, 0.29) is 11.7 Å². The fraction of sp³-hybridized carbons (Fsp3) is 0.562. The van der Waals surface area contributed by atoms with Gasteiger partial charge in [0.2, 0.25) is 0 Å². The van der Waals surface area contributed by atoms with E-state index in [1.54, 1.807) is 0 Å². The summed E-state index contributed by atoms with van der Waals surface area (Å²) in [5.41, 5.74) is 0.842. The van der Waals surface area contributed by atoms with Crippen LogP contribution in [0.15, 0.2) is 30.3 Å². The van der Waals surface area contributed by atoms with Crippen LogP contribution in [0, 0.1) is 5.92 Å². The second kappa shape index (κ2) is 6.14. The second-order valence-corrected chi connectivity index (χ2v) is 5.47. The third-order valence-electron chi connectivity index (χ3n) is 3.95. The van der Waals surface area contributed by atoms with Gasteiger partial charge in [-0.1, -0.05) is 43.7 Å². The third kappa shape index (κ3) is 3.20. The summed E-state index contributed by atoms with van der Waals surface area (Å²) in [5.74, 6) is 0.362. The number of carbonyl (C=O) groups excluding carboxylic acids is 1. The molecule has 2 rings (SSSR count). The zero-order chi connectivity index (χ0) is 13.0. The molecule has 1 aromatic rings. The lowest BCUT2D eigenvalue weighted by Crippen LogP contribution is -2.41. The van der Waals surface area contributed by atoms with Gasteiger partial charge in [0.25, 0.3) is 0 Å². The Bertz CT molecular complexity index is 387. The molecule has 0 radical (unpaired) electrons. The van der Waals surface area contributed by atoms with Gasteiger partial charge in [0.1, 0.15) is 0 Å². The molecule has 1 aromatic carbocycles. The number of carbonyl (C=O) groups is 1. The molecule has 98 valence electrons. The van der Waals surface area contributed by atoms with Crippen molar-refractivity contribution in [2.24, 2.45) is 5.92 Å². The highest BCUT2D eigenvalue weighted by Gasteiger charge is 2.23. The average molecular weight is 245 g/mol. The van der Waals surface area contributed by atoms with Gasteiger partial charge in [0, 0.05) is 24.1 Å². The van der Waals surface area contributed by atoms with Crippen molar-refractivity contribution in [3.05, 3.63) is 35.9 Å². The van der Waals surface area contributed by atoms with Gasteiger partial charge in [0.15, 0.2) is 5.78 Å². The number of likely N-dealkylation sites (tertiary alicyclic amines) is 1. The van der Waals surface area contributed by atoms with Crippen LogP contribution in [0.25, 0.3) is 0 Å². The van der Waals surface area contributed by atoms with Crippen molar-refractivity contribution >= 4 is 5.78 Å². The fourth-order valence-electron chi connectivity index (χ4n) is 2.75. The zero-order valence-corrected chi connectivity index (χ0v) is 11.4. The molecular weight excluding hydrogens is 222 g/mol. The number of hydrogen-bond acceptors (Lipinski definition) is 2. The molecule has 0 bridgehead atoms. The summed E-state index contributed by atoms with van der Waals surface area (Å²) in [6, 6.07) is 10.3. The second-order valence-electron chi connectivity index (χ2n) is 5.47. The molecule has 2 unspecified atom stereocenters. The molecule has 0 spiro atoms. The number of ketones is 1. The van der Waals surface area contributed by atoms with Crippen molar-refractivity contribution in [1.29, 1.82) is 0 Å². The molecular formula is C16H23NO. The lowest BCUT2D eigenvalue weighted by Gasteiger charge is -2.34. The van der Waals surface area contributed by atoms with Crippen LogP contribution in [0.1, 0.15) is 43.5 Å². The first-order valence-corrected chi connectivity index (χ1v) is 7.02. The molecule has 2 nitrogen and oxygen atoms in total. The van der Waals surface area contributed by atoms with E-state index >= 15 is 0 Å². The Kier molecular flexibility index (Phi) is 4.54. The molecule has 1 aliphatic heterocycles. The minimum absolute atomic E-state index is 0.0907. The van der Waals surface area contributed by atoms with Crippen LogP contribution in [0.4, 0.5) is 0 Å². The SMILES string of the molecule is CC(CN1CCCCC1C)C(=O)c1ccccc1. The first-order valence-electron chi connectivity index (χ1n) is 7.02. The quantitative estimate of drug-likeness (QED) is 0.758. The first-order chi connectivity index (χ1) is 8.68. The summed E-state index contributed by atoms with van der Waals surface area (Å²) in [7, 11) is 0. The molecule has 0 saturated carbocycles. The Morgan fingerprint density at radius 3 is 2.72 bits per heavy atom. The molecule has 1 fully saturated rings. The van der Waals surface area contributed by atoms with Crippen LogP contribution >= 0.6 is 0 Å². The van der Waals surface area contributed by atoms with E-state index in [2.05, 4.69) is 18.7 Å². The maximum atomic E-state index is 12.3. The molecule has 1 heterocycles. The van der Waals surface area contributed by atoms with Gasteiger partial charge in [-0.15, -0.1) is 0 Å². The highest BCUT2D eigenvalue weighted by Crippen LogP contribution is 2.19. The largest absolute Gasteiger partial charge is 0.300 e. The lowest BCUT2D eigenvalue weighted by molar-refractivity contribution is 0.0841. The molecule has 0 aliphatic carbocycles.